The molecule has 0 aliphatic carbocycles. The van der Waals surface area contributed by atoms with Crippen molar-refractivity contribution in [3.8, 4) is 0 Å². The monoisotopic (exact) mass is 314 g/mol. The zero-order valence-corrected chi connectivity index (χ0v) is 13.6. The lowest BCUT2D eigenvalue weighted by Gasteiger charge is -2.38. The maximum absolute atomic E-state index is 12.4. The highest BCUT2D eigenvalue weighted by molar-refractivity contribution is 6.41. The van der Waals surface area contributed by atoms with Gasteiger partial charge in [0.05, 0.1) is 10.6 Å². The Morgan fingerprint density at radius 3 is 2.40 bits per heavy atom. The van der Waals surface area contributed by atoms with E-state index >= 15 is 0 Å². The lowest BCUT2D eigenvalue weighted by Crippen LogP contribution is -2.41. The van der Waals surface area contributed by atoms with Crippen LogP contribution < -0.4 is 0 Å². The highest BCUT2D eigenvalue weighted by Crippen LogP contribution is 2.34. The molecule has 1 aliphatic heterocycles. The van der Waals surface area contributed by atoms with Gasteiger partial charge in [0.2, 0.25) is 0 Å². The summed E-state index contributed by atoms with van der Waals surface area (Å²) in [6, 6.07) is 1.59. The van der Waals surface area contributed by atoms with E-state index in [-0.39, 0.29) is 11.1 Å². The van der Waals surface area contributed by atoms with Crippen molar-refractivity contribution in [2.75, 3.05) is 13.1 Å². The summed E-state index contributed by atoms with van der Waals surface area (Å²) in [5, 5.41) is 0.553. The smallest absolute Gasteiger partial charge is 0.255 e. The second kappa shape index (κ2) is 5.90. The molecule has 0 N–H and O–H groups in total. The number of halogens is 2. The van der Waals surface area contributed by atoms with Crippen LogP contribution in [0.5, 0.6) is 0 Å². The van der Waals surface area contributed by atoms with Gasteiger partial charge in [-0.05, 0) is 30.2 Å². The minimum Gasteiger partial charge on any atom is -0.339 e. The molecule has 0 saturated carbocycles. The quantitative estimate of drug-likeness (QED) is 0.725. The molecule has 1 aromatic rings. The van der Waals surface area contributed by atoms with Crippen LogP contribution in [0.15, 0.2) is 12.3 Å². The Balaban J connectivity index is 2.03. The minimum absolute atomic E-state index is 0.0107. The Kier molecular flexibility index (Phi) is 4.60. The van der Waals surface area contributed by atoms with Gasteiger partial charge in [-0.3, -0.25) is 4.79 Å². The fourth-order valence-corrected chi connectivity index (χ4v) is 2.94. The third-order valence-electron chi connectivity index (χ3n) is 4.05. The van der Waals surface area contributed by atoms with E-state index < -0.39 is 0 Å². The van der Waals surface area contributed by atoms with Crippen molar-refractivity contribution in [2.24, 2.45) is 11.3 Å². The molecule has 3 nitrogen and oxygen atoms in total. The Hall–Kier alpha value is -0.800. The fourth-order valence-electron chi connectivity index (χ4n) is 2.67. The van der Waals surface area contributed by atoms with Crippen molar-refractivity contribution in [2.45, 2.75) is 33.6 Å². The summed E-state index contributed by atoms with van der Waals surface area (Å²) in [6.45, 7) is 8.37. The average Bonchev–Trinajstić information content (AvgIpc) is 2.40. The van der Waals surface area contributed by atoms with Crippen molar-refractivity contribution in [1.82, 2.24) is 9.88 Å². The van der Waals surface area contributed by atoms with Crippen LogP contribution in [-0.2, 0) is 0 Å². The molecule has 1 aliphatic rings. The number of piperidine rings is 1. The Bertz CT molecular complexity index is 503. The van der Waals surface area contributed by atoms with Crippen molar-refractivity contribution in [3.05, 3.63) is 28.0 Å². The van der Waals surface area contributed by atoms with Gasteiger partial charge in [0.15, 0.2) is 0 Å². The van der Waals surface area contributed by atoms with Crippen LogP contribution in [0, 0.1) is 11.3 Å². The molecule has 1 amide bonds. The molecule has 0 spiro atoms. The normalized spacial score (nSPS) is 17.4. The molecule has 0 unspecified atom stereocenters. The van der Waals surface area contributed by atoms with Gasteiger partial charge < -0.3 is 4.90 Å². The number of carbonyl (C=O) groups excluding carboxylic acids is 1. The molecule has 1 saturated heterocycles. The minimum atomic E-state index is -0.0107. The highest BCUT2D eigenvalue weighted by atomic mass is 35.5. The van der Waals surface area contributed by atoms with Gasteiger partial charge in [-0.15, -0.1) is 0 Å². The van der Waals surface area contributed by atoms with E-state index in [1.807, 2.05) is 4.90 Å². The van der Waals surface area contributed by atoms with Crippen molar-refractivity contribution < 1.29 is 4.79 Å². The Labute approximate surface area is 130 Å². The van der Waals surface area contributed by atoms with E-state index in [0.29, 0.717) is 21.9 Å². The first kappa shape index (κ1) is 15.6. The van der Waals surface area contributed by atoms with E-state index in [4.69, 9.17) is 23.2 Å². The number of hydrogen-bond donors (Lipinski definition) is 0. The van der Waals surface area contributed by atoms with Gasteiger partial charge in [-0.2, -0.15) is 0 Å². The molecule has 0 radical (unpaired) electrons. The summed E-state index contributed by atoms with van der Waals surface area (Å²) >= 11 is 11.7. The summed E-state index contributed by atoms with van der Waals surface area (Å²) in [7, 11) is 0. The van der Waals surface area contributed by atoms with Gasteiger partial charge in [0.25, 0.3) is 5.91 Å². The van der Waals surface area contributed by atoms with Crippen molar-refractivity contribution in [3.63, 3.8) is 0 Å². The molecular weight excluding hydrogens is 295 g/mol. The first-order chi connectivity index (χ1) is 9.29. The summed E-state index contributed by atoms with van der Waals surface area (Å²) in [5.74, 6) is 0.655. The van der Waals surface area contributed by atoms with Gasteiger partial charge in [-0.25, -0.2) is 4.98 Å². The molecule has 110 valence electrons. The summed E-state index contributed by atoms with van der Waals surface area (Å²) in [5.41, 5.74) is 0.814. The predicted molar refractivity (Wildman–Crippen MR) is 82.3 cm³/mol. The zero-order valence-electron chi connectivity index (χ0n) is 12.1. The van der Waals surface area contributed by atoms with Crippen LogP contribution >= 0.6 is 23.2 Å². The molecule has 2 heterocycles. The Morgan fingerprint density at radius 2 is 1.90 bits per heavy atom. The maximum Gasteiger partial charge on any atom is 0.255 e. The first-order valence-corrected chi connectivity index (χ1v) is 7.65. The van der Waals surface area contributed by atoms with Gasteiger partial charge in [0.1, 0.15) is 5.15 Å². The van der Waals surface area contributed by atoms with Crippen LogP contribution in [0.3, 0.4) is 0 Å². The second-order valence-electron chi connectivity index (χ2n) is 6.43. The van der Waals surface area contributed by atoms with E-state index in [1.54, 1.807) is 6.07 Å². The van der Waals surface area contributed by atoms with Crippen molar-refractivity contribution >= 4 is 29.1 Å². The summed E-state index contributed by atoms with van der Waals surface area (Å²) in [6.07, 6.45) is 3.58. The molecule has 0 bridgehead atoms. The first-order valence-electron chi connectivity index (χ1n) is 6.89. The van der Waals surface area contributed by atoms with Crippen LogP contribution in [0.2, 0.25) is 10.2 Å². The number of nitrogens with zero attached hydrogens (tertiary/aromatic N) is 2. The van der Waals surface area contributed by atoms with Gasteiger partial charge in [-0.1, -0.05) is 44.0 Å². The van der Waals surface area contributed by atoms with Crippen LogP contribution in [0.25, 0.3) is 0 Å². The van der Waals surface area contributed by atoms with Crippen LogP contribution in [0.1, 0.15) is 44.0 Å². The standard InChI is InChI=1S/C15H20Cl2N2O/c1-15(2,3)11-4-6-19(7-5-11)14(20)10-8-12(16)13(17)18-9-10/h8-9,11H,4-7H2,1-3H3. The number of rotatable bonds is 1. The molecule has 1 fully saturated rings. The van der Waals surface area contributed by atoms with Crippen LogP contribution in [0.4, 0.5) is 0 Å². The largest absolute Gasteiger partial charge is 0.339 e. The zero-order chi connectivity index (χ0) is 14.9. The van der Waals surface area contributed by atoms with E-state index in [2.05, 4.69) is 25.8 Å². The van der Waals surface area contributed by atoms with Crippen molar-refractivity contribution in [1.29, 1.82) is 0 Å². The second-order valence-corrected chi connectivity index (χ2v) is 7.19. The molecule has 0 atom stereocenters. The van der Waals surface area contributed by atoms with E-state index in [0.717, 1.165) is 25.9 Å². The predicted octanol–water partition coefficient (Wildman–Crippen LogP) is 4.29. The van der Waals surface area contributed by atoms with Gasteiger partial charge >= 0.3 is 0 Å². The molecular formula is C15H20Cl2N2O. The highest BCUT2D eigenvalue weighted by Gasteiger charge is 2.30. The average molecular weight is 315 g/mol. The topological polar surface area (TPSA) is 33.2 Å². The maximum atomic E-state index is 12.4. The number of carbonyl (C=O) groups is 1. The molecule has 1 aromatic heterocycles. The molecule has 5 heteroatoms. The molecule has 2 rings (SSSR count). The SMILES string of the molecule is CC(C)(C)C1CCN(C(=O)c2cnc(Cl)c(Cl)c2)CC1. The van der Waals surface area contributed by atoms with E-state index in [9.17, 15) is 4.79 Å². The Morgan fingerprint density at radius 1 is 1.30 bits per heavy atom. The lowest BCUT2D eigenvalue weighted by atomic mass is 9.75. The fraction of sp³-hybridized carbons (Fsp3) is 0.600. The summed E-state index contributed by atoms with van der Waals surface area (Å²) in [4.78, 5) is 18.2. The molecule has 20 heavy (non-hydrogen) atoms. The number of hydrogen-bond acceptors (Lipinski definition) is 2. The number of pyridine rings is 1. The number of amides is 1. The third kappa shape index (κ3) is 3.44. The lowest BCUT2D eigenvalue weighted by molar-refractivity contribution is 0.0608. The third-order valence-corrected chi connectivity index (χ3v) is 4.74. The van der Waals surface area contributed by atoms with E-state index in [1.165, 1.54) is 6.20 Å². The van der Waals surface area contributed by atoms with Crippen LogP contribution in [-0.4, -0.2) is 28.9 Å². The number of likely N-dealkylation sites (tertiary alicyclic amines) is 1. The number of aromatic nitrogens is 1. The molecule has 0 aromatic carbocycles. The van der Waals surface area contributed by atoms with Gasteiger partial charge in [0, 0.05) is 19.3 Å². The summed E-state index contributed by atoms with van der Waals surface area (Å²) < 4.78 is 0.